The monoisotopic (exact) mass is 476 g/mol. The Morgan fingerprint density at radius 3 is 2.66 bits per heavy atom. The summed E-state index contributed by atoms with van der Waals surface area (Å²) in [7, 11) is 3.43. The van der Waals surface area contributed by atoms with Crippen molar-refractivity contribution in [3.63, 3.8) is 0 Å². The first-order chi connectivity index (χ1) is 14.0. The van der Waals surface area contributed by atoms with Gasteiger partial charge in [-0.25, -0.2) is 0 Å². The zero-order valence-corrected chi connectivity index (χ0v) is 18.7. The molecule has 2 aromatic carbocycles. The summed E-state index contributed by atoms with van der Waals surface area (Å²) >= 11 is 4.71. The van der Waals surface area contributed by atoms with E-state index in [0.29, 0.717) is 22.4 Å². The van der Waals surface area contributed by atoms with Gasteiger partial charge in [-0.05, 0) is 43.3 Å². The van der Waals surface area contributed by atoms with Crippen LogP contribution in [-0.4, -0.2) is 33.5 Å². The van der Waals surface area contributed by atoms with Crippen molar-refractivity contribution in [2.75, 3.05) is 18.2 Å². The van der Waals surface area contributed by atoms with Crippen LogP contribution in [0.4, 0.5) is 5.69 Å². The number of nitrogens with zero attached hydrogens (tertiary/aromatic N) is 3. The highest BCUT2D eigenvalue weighted by Crippen LogP contribution is 2.26. The Kier molecular flexibility index (Phi) is 7.16. The summed E-state index contributed by atoms with van der Waals surface area (Å²) < 4.78 is 14.0. The van der Waals surface area contributed by atoms with Crippen LogP contribution in [0.25, 0.3) is 0 Å². The molecule has 1 amide bonds. The number of ether oxygens (including phenoxy) is 2. The molecule has 3 aromatic rings. The Labute approximate surface area is 181 Å². The molecule has 1 atom stereocenters. The lowest BCUT2D eigenvalue weighted by atomic mass is 10.3. The van der Waals surface area contributed by atoms with Crippen molar-refractivity contribution >= 4 is 39.3 Å². The second kappa shape index (κ2) is 9.80. The molecule has 9 heteroatoms. The molecule has 0 aliphatic heterocycles. The van der Waals surface area contributed by atoms with Gasteiger partial charge in [0.15, 0.2) is 17.1 Å². The number of hydrogen-bond acceptors (Lipinski definition) is 6. The zero-order chi connectivity index (χ0) is 20.8. The fourth-order valence-corrected chi connectivity index (χ4v) is 3.62. The number of thioether (sulfide) groups is 1. The number of halogens is 1. The quantitative estimate of drug-likeness (QED) is 0.483. The number of benzene rings is 2. The summed E-state index contributed by atoms with van der Waals surface area (Å²) in [5.74, 6) is 2.09. The molecule has 1 N–H and O–H groups in total. The number of rotatable bonds is 8. The van der Waals surface area contributed by atoms with Gasteiger partial charge in [0.2, 0.25) is 5.91 Å². The number of methoxy groups -OCH3 is 1. The minimum Gasteiger partial charge on any atom is -0.495 e. The van der Waals surface area contributed by atoms with Crippen LogP contribution in [0.2, 0.25) is 0 Å². The van der Waals surface area contributed by atoms with E-state index in [1.165, 1.54) is 11.8 Å². The highest BCUT2D eigenvalue weighted by molar-refractivity contribution is 9.10. The summed E-state index contributed by atoms with van der Waals surface area (Å²) in [6.45, 7) is 1.91. The van der Waals surface area contributed by atoms with Gasteiger partial charge in [0.25, 0.3) is 0 Å². The van der Waals surface area contributed by atoms with Gasteiger partial charge in [-0.2, -0.15) is 0 Å². The molecule has 0 saturated heterocycles. The lowest BCUT2D eigenvalue weighted by molar-refractivity contribution is -0.113. The van der Waals surface area contributed by atoms with Gasteiger partial charge in [-0.3, -0.25) is 4.79 Å². The Bertz CT molecular complexity index is 978. The first-order valence-corrected chi connectivity index (χ1v) is 10.6. The third kappa shape index (κ3) is 5.51. The van der Waals surface area contributed by atoms with Crippen molar-refractivity contribution in [3.05, 3.63) is 58.8 Å². The van der Waals surface area contributed by atoms with Crippen LogP contribution < -0.4 is 14.8 Å². The molecule has 0 radical (unpaired) electrons. The Morgan fingerprint density at radius 2 is 1.93 bits per heavy atom. The molecule has 7 nitrogen and oxygen atoms in total. The average Bonchev–Trinajstić information content (AvgIpc) is 3.09. The molecule has 1 unspecified atom stereocenters. The summed E-state index contributed by atoms with van der Waals surface area (Å²) in [6, 6.07) is 14.9. The van der Waals surface area contributed by atoms with E-state index in [2.05, 4.69) is 31.4 Å². The van der Waals surface area contributed by atoms with Gasteiger partial charge < -0.3 is 19.4 Å². The number of nitrogens with one attached hydrogen (secondary N) is 1. The van der Waals surface area contributed by atoms with Crippen LogP contribution in [-0.2, 0) is 11.8 Å². The number of aromatic nitrogens is 3. The van der Waals surface area contributed by atoms with Crippen molar-refractivity contribution < 1.29 is 14.3 Å². The molecule has 152 valence electrons. The lowest BCUT2D eigenvalue weighted by Crippen LogP contribution is -2.15. The molecule has 0 saturated carbocycles. The molecule has 0 fully saturated rings. The van der Waals surface area contributed by atoms with E-state index >= 15 is 0 Å². The maximum Gasteiger partial charge on any atom is 0.234 e. The van der Waals surface area contributed by atoms with E-state index in [-0.39, 0.29) is 17.8 Å². The number of amides is 1. The topological polar surface area (TPSA) is 78.3 Å². The van der Waals surface area contributed by atoms with Gasteiger partial charge in [0.05, 0.1) is 18.6 Å². The van der Waals surface area contributed by atoms with E-state index in [0.717, 1.165) is 10.2 Å². The molecular formula is C20H21BrN4O3S. The van der Waals surface area contributed by atoms with Crippen LogP contribution in [0.5, 0.6) is 11.5 Å². The van der Waals surface area contributed by atoms with Crippen LogP contribution in [0, 0.1) is 0 Å². The highest BCUT2D eigenvalue weighted by Gasteiger charge is 2.18. The minimum absolute atomic E-state index is 0.150. The van der Waals surface area contributed by atoms with Gasteiger partial charge in [-0.15, -0.1) is 10.2 Å². The van der Waals surface area contributed by atoms with Crippen LogP contribution in [0.15, 0.2) is 58.2 Å². The predicted molar refractivity (Wildman–Crippen MR) is 117 cm³/mol. The Hall–Kier alpha value is -2.52. The van der Waals surface area contributed by atoms with E-state index in [1.807, 2.05) is 54.9 Å². The lowest BCUT2D eigenvalue weighted by Gasteiger charge is -2.14. The van der Waals surface area contributed by atoms with Gasteiger partial charge in [-0.1, -0.05) is 39.8 Å². The minimum atomic E-state index is -0.287. The third-order valence-electron chi connectivity index (χ3n) is 4.07. The van der Waals surface area contributed by atoms with E-state index in [4.69, 9.17) is 9.47 Å². The largest absolute Gasteiger partial charge is 0.495 e. The van der Waals surface area contributed by atoms with Crippen molar-refractivity contribution in [3.8, 4) is 11.5 Å². The van der Waals surface area contributed by atoms with E-state index in [9.17, 15) is 4.79 Å². The molecule has 0 aliphatic carbocycles. The van der Waals surface area contributed by atoms with Crippen LogP contribution in [0.3, 0.4) is 0 Å². The van der Waals surface area contributed by atoms with Crippen molar-refractivity contribution in [2.45, 2.75) is 18.2 Å². The van der Waals surface area contributed by atoms with Gasteiger partial charge in [0, 0.05) is 11.5 Å². The normalized spacial score (nSPS) is 11.7. The SMILES string of the molecule is COc1ccccc1NC(=O)CSc1nnc(C(C)Oc2ccc(Br)cc2)n1C. The maximum atomic E-state index is 12.3. The summed E-state index contributed by atoms with van der Waals surface area (Å²) in [5, 5.41) is 11.9. The molecule has 0 spiro atoms. The second-order valence-corrected chi connectivity index (χ2v) is 8.01. The van der Waals surface area contributed by atoms with Crippen molar-refractivity contribution in [1.82, 2.24) is 14.8 Å². The van der Waals surface area contributed by atoms with E-state index in [1.54, 1.807) is 19.2 Å². The second-order valence-electron chi connectivity index (χ2n) is 6.15. The fraction of sp³-hybridized carbons (Fsp3) is 0.250. The predicted octanol–water partition coefficient (Wildman–Crippen LogP) is 4.46. The first-order valence-electron chi connectivity index (χ1n) is 8.85. The number of carbonyl (C=O) groups is 1. The van der Waals surface area contributed by atoms with Crippen LogP contribution in [0.1, 0.15) is 18.9 Å². The van der Waals surface area contributed by atoms with Gasteiger partial charge in [0.1, 0.15) is 11.5 Å². The molecule has 1 aromatic heterocycles. The number of para-hydroxylation sites is 2. The number of anilines is 1. The van der Waals surface area contributed by atoms with E-state index < -0.39 is 0 Å². The summed E-state index contributed by atoms with van der Waals surface area (Å²) in [5.41, 5.74) is 0.635. The molecular weight excluding hydrogens is 456 g/mol. The highest BCUT2D eigenvalue weighted by atomic mass is 79.9. The third-order valence-corrected chi connectivity index (χ3v) is 5.62. The average molecular weight is 477 g/mol. The summed E-state index contributed by atoms with van der Waals surface area (Å²) in [6.07, 6.45) is -0.287. The zero-order valence-electron chi connectivity index (χ0n) is 16.3. The molecule has 29 heavy (non-hydrogen) atoms. The van der Waals surface area contributed by atoms with Crippen LogP contribution >= 0.6 is 27.7 Å². The smallest absolute Gasteiger partial charge is 0.234 e. The fourth-order valence-electron chi connectivity index (χ4n) is 2.64. The Morgan fingerprint density at radius 1 is 1.21 bits per heavy atom. The van der Waals surface area contributed by atoms with Crippen molar-refractivity contribution in [2.24, 2.45) is 7.05 Å². The van der Waals surface area contributed by atoms with Crippen molar-refractivity contribution in [1.29, 1.82) is 0 Å². The Balaban J connectivity index is 1.59. The van der Waals surface area contributed by atoms with Gasteiger partial charge >= 0.3 is 0 Å². The molecule has 0 bridgehead atoms. The maximum absolute atomic E-state index is 12.3. The first kappa shape index (κ1) is 21.2. The molecule has 0 aliphatic rings. The standard InChI is InChI=1S/C20H21BrN4O3S/c1-13(28-15-10-8-14(21)9-11-15)19-23-24-20(25(19)2)29-12-18(26)22-16-6-4-5-7-17(16)27-3/h4-11,13H,12H2,1-3H3,(H,22,26). The molecule has 1 heterocycles. The number of carbonyl (C=O) groups excluding carboxylic acids is 1. The molecule has 3 rings (SSSR count). The summed E-state index contributed by atoms with van der Waals surface area (Å²) in [4.78, 5) is 12.3. The number of hydrogen-bond donors (Lipinski definition) is 1.